The fraction of sp³-hybridized carbons (Fsp3) is 0.208. The number of hydrogen-bond donors (Lipinski definition) is 3. The van der Waals surface area contributed by atoms with E-state index in [1.165, 1.54) is 36.5 Å². The fourth-order valence-electron chi connectivity index (χ4n) is 3.84. The third-order valence-electron chi connectivity index (χ3n) is 5.60. The molecule has 0 radical (unpaired) electrons. The Kier molecular flexibility index (Phi) is 7.41. The van der Waals surface area contributed by atoms with Gasteiger partial charge in [-0.15, -0.1) is 0 Å². The van der Waals surface area contributed by atoms with Crippen molar-refractivity contribution in [2.24, 2.45) is 0 Å². The van der Waals surface area contributed by atoms with Gasteiger partial charge in [-0.05, 0) is 48.0 Å². The number of furan rings is 1. The van der Waals surface area contributed by atoms with E-state index < -0.39 is 30.0 Å². The second-order valence-electron chi connectivity index (χ2n) is 7.87. The number of amides is 3. The molecule has 1 fully saturated rings. The van der Waals surface area contributed by atoms with Crippen LogP contribution in [0.5, 0.6) is 5.95 Å². The molecule has 0 saturated carbocycles. The number of carboxylic acid groups (broad SMARTS) is 1. The minimum Gasteiger partial charge on any atom is -0.449 e. The Labute approximate surface area is 209 Å². The first-order valence-electron chi connectivity index (χ1n) is 10.7. The summed E-state index contributed by atoms with van der Waals surface area (Å²) in [5.74, 6) is -1.68. The van der Waals surface area contributed by atoms with Crippen molar-refractivity contribution in [2.45, 2.75) is 18.6 Å². The van der Waals surface area contributed by atoms with Crippen LogP contribution in [-0.4, -0.2) is 53.9 Å². The third kappa shape index (κ3) is 5.58. The number of hydrogen-bond acceptors (Lipinski definition) is 6. The number of benzene rings is 2. The van der Waals surface area contributed by atoms with Gasteiger partial charge in [-0.2, -0.15) is 0 Å². The third-order valence-corrected chi connectivity index (χ3v) is 5.85. The summed E-state index contributed by atoms with van der Waals surface area (Å²) in [5.41, 5.74) is 0.876. The molecule has 2 aromatic carbocycles. The molecule has 2 atom stereocenters. The number of likely N-dealkylation sites (tertiary alicyclic amines) is 1. The summed E-state index contributed by atoms with van der Waals surface area (Å²) >= 11 is 5.88. The normalized spacial score (nSPS) is 17.0. The molecule has 1 aromatic heterocycles. The van der Waals surface area contributed by atoms with Gasteiger partial charge in [-0.1, -0.05) is 17.7 Å². The quantitative estimate of drug-likeness (QED) is 0.390. The molecule has 1 aliphatic rings. The van der Waals surface area contributed by atoms with E-state index in [1.54, 1.807) is 24.3 Å². The Hall–Kier alpha value is -4.09. The summed E-state index contributed by atoms with van der Waals surface area (Å²) in [6.07, 6.45) is -0.526. The largest absolute Gasteiger partial charge is 0.513 e. The topological polar surface area (TPSA) is 130 Å². The van der Waals surface area contributed by atoms with Crippen molar-refractivity contribution in [1.82, 2.24) is 4.90 Å². The smallest absolute Gasteiger partial charge is 0.449 e. The highest BCUT2D eigenvalue weighted by atomic mass is 35.5. The predicted octanol–water partition coefficient (Wildman–Crippen LogP) is 5.06. The standard InChI is InChI=1S/C24H21ClFN3O7/c1-34-16-11-20(29(12-16)23(31)27-15-5-3-14(25)4-6-15)21(30)28-19-7-2-13(10-18(19)26)17-8-9-35-22(17)36-24(32)33/h2-10,16,20H,11-12H2,1H3,(H,27,31)(H,28,30)(H,32,33). The van der Waals surface area contributed by atoms with E-state index in [0.717, 1.165) is 6.07 Å². The summed E-state index contributed by atoms with van der Waals surface area (Å²) in [6, 6.07) is 10.4. The number of carbonyl (C=O) groups is 3. The summed E-state index contributed by atoms with van der Waals surface area (Å²) in [4.78, 5) is 38.1. The number of nitrogens with one attached hydrogen (secondary N) is 2. The van der Waals surface area contributed by atoms with Crippen LogP contribution >= 0.6 is 11.6 Å². The highest BCUT2D eigenvalue weighted by Crippen LogP contribution is 2.33. The van der Waals surface area contributed by atoms with Gasteiger partial charge in [0.1, 0.15) is 11.9 Å². The second kappa shape index (κ2) is 10.7. The molecule has 10 nitrogen and oxygen atoms in total. The zero-order chi connectivity index (χ0) is 25.8. The highest BCUT2D eigenvalue weighted by molar-refractivity contribution is 6.30. The summed E-state index contributed by atoms with van der Waals surface area (Å²) in [7, 11) is 1.48. The van der Waals surface area contributed by atoms with Gasteiger partial charge < -0.3 is 34.5 Å². The molecule has 4 rings (SSSR count). The van der Waals surface area contributed by atoms with E-state index in [0.29, 0.717) is 10.7 Å². The highest BCUT2D eigenvalue weighted by Gasteiger charge is 2.40. The minimum absolute atomic E-state index is 0.119. The molecular formula is C24H21ClFN3O7. The molecule has 36 heavy (non-hydrogen) atoms. The van der Waals surface area contributed by atoms with Crippen molar-refractivity contribution < 1.29 is 37.8 Å². The van der Waals surface area contributed by atoms with Crippen LogP contribution in [0.15, 0.2) is 59.2 Å². The van der Waals surface area contributed by atoms with Gasteiger partial charge in [-0.25, -0.2) is 14.0 Å². The monoisotopic (exact) mass is 517 g/mol. The molecule has 2 unspecified atom stereocenters. The molecule has 3 aromatic rings. The average molecular weight is 518 g/mol. The first-order valence-corrected chi connectivity index (χ1v) is 11.1. The predicted molar refractivity (Wildman–Crippen MR) is 128 cm³/mol. The number of methoxy groups -OCH3 is 1. The number of urea groups is 1. The minimum atomic E-state index is -1.58. The lowest BCUT2D eigenvalue weighted by Crippen LogP contribution is -2.45. The van der Waals surface area contributed by atoms with E-state index >= 15 is 0 Å². The van der Waals surface area contributed by atoms with E-state index in [1.807, 2.05) is 0 Å². The van der Waals surface area contributed by atoms with E-state index in [9.17, 15) is 18.8 Å². The maximum Gasteiger partial charge on any atom is 0.513 e. The maximum atomic E-state index is 14.9. The lowest BCUT2D eigenvalue weighted by atomic mass is 10.1. The number of ether oxygens (including phenoxy) is 2. The SMILES string of the molecule is COC1CC(C(=O)Nc2ccc(-c3ccoc3OC(=O)O)cc2F)N(C(=O)Nc2ccc(Cl)cc2)C1. The Morgan fingerprint density at radius 2 is 1.89 bits per heavy atom. The Morgan fingerprint density at radius 3 is 2.56 bits per heavy atom. The van der Waals surface area contributed by atoms with Gasteiger partial charge in [0.25, 0.3) is 0 Å². The molecule has 1 saturated heterocycles. The Balaban J connectivity index is 1.48. The van der Waals surface area contributed by atoms with Gasteiger partial charge in [0.2, 0.25) is 5.91 Å². The number of rotatable bonds is 6. The van der Waals surface area contributed by atoms with Crippen LogP contribution in [0.3, 0.4) is 0 Å². The molecule has 2 heterocycles. The average Bonchev–Trinajstić information content (AvgIpc) is 3.48. The van der Waals surface area contributed by atoms with Crippen molar-refractivity contribution >= 4 is 41.1 Å². The van der Waals surface area contributed by atoms with Gasteiger partial charge in [0.15, 0.2) is 0 Å². The van der Waals surface area contributed by atoms with Crippen LogP contribution in [0.25, 0.3) is 11.1 Å². The lowest BCUT2D eigenvalue weighted by Gasteiger charge is -2.24. The maximum absolute atomic E-state index is 14.9. The molecule has 12 heteroatoms. The molecule has 188 valence electrons. The number of carbonyl (C=O) groups excluding carboxylic acids is 2. The molecule has 3 amide bonds. The van der Waals surface area contributed by atoms with Crippen LogP contribution < -0.4 is 15.4 Å². The van der Waals surface area contributed by atoms with Crippen LogP contribution in [0, 0.1) is 5.82 Å². The van der Waals surface area contributed by atoms with Crippen LogP contribution in [-0.2, 0) is 9.53 Å². The van der Waals surface area contributed by atoms with E-state index in [2.05, 4.69) is 15.4 Å². The van der Waals surface area contributed by atoms with Crippen molar-refractivity contribution in [1.29, 1.82) is 0 Å². The lowest BCUT2D eigenvalue weighted by molar-refractivity contribution is -0.119. The summed E-state index contributed by atoms with van der Waals surface area (Å²) in [5, 5.41) is 14.5. The molecule has 0 spiro atoms. The number of halogens is 2. The fourth-order valence-corrected chi connectivity index (χ4v) is 3.96. The van der Waals surface area contributed by atoms with Crippen molar-refractivity contribution in [3.05, 3.63) is 65.6 Å². The summed E-state index contributed by atoms with van der Waals surface area (Å²) in [6.45, 7) is 0.169. The molecule has 0 bridgehead atoms. The summed E-state index contributed by atoms with van der Waals surface area (Å²) < 4.78 is 29.7. The molecule has 1 aliphatic heterocycles. The van der Waals surface area contributed by atoms with Crippen molar-refractivity contribution in [3.63, 3.8) is 0 Å². The van der Waals surface area contributed by atoms with Crippen LogP contribution in [0.1, 0.15) is 6.42 Å². The van der Waals surface area contributed by atoms with Gasteiger partial charge in [-0.3, -0.25) is 4.79 Å². The first kappa shape index (κ1) is 25.0. The van der Waals surface area contributed by atoms with Crippen LogP contribution in [0.2, 0.25) is 5.02 Å². The number of anilines is 2. The van der Waals surface area contributed by atoms with Crippen LogP contribution in [0.4, 0.5) is 25.4 Å². The molecular weight excluding hydrogens is 497 g/mol. The number of nitrogens with zero attached hydrogens (tertiary/aromatic N) is 1. The zero-order valence-electron chi connectivity index (χ0n) is 18.9. The Morgan fingerprint density at radius 1 is 1.14 bits per heavy atom. The molecule has 0 aliphatic carbocycles. The second-order valence-corrected chi connectivity index (χ2v) is 8.31. The van der Waals surface area contributed by atoms with E-state index in [4.69, 9.17) is 25.9 Å². The zero-order valence-corrected chi connectivity index (χ0v) is 19.6. The van der Waals surface area contributed by atoms with Gasteiger partial charge in [0, 0.05) is 30.8 Å². The van der Waals surface area contributed by atoms with Gasteiger partial charge in [0.05, 0.1) is 23.6 Å². The Bertz CT molecular complexity index is 1280. The van der Waals surface area contributed by atoms with Crippen molar-refractivity contribution in [3.8, 4) is 17.1 Å². The first-order chi connectivity index (χ1) is 17.2. The van der Waals surface area contributed by atoms with Gasteiger partial charge >= 0.3 is 18.1 Å². The van der Waals surface area contributed by atoms with E-state index in [-0.39, 0.29) is 41.8 Å². The van der Waals surface area contributed by atoms with Crippen molar-refractivity contribution in [2.75, 3.05) is 24.3 Å². The molecule has 3 N–H and O–H groups in total.